The molecular weight excluding hydrogens is 267 g/mol. The lowest BCUT2D eigenvalue weighted by molar-refractivity contribution is 0.447. The van der Waals surface area contributed by atoms with Gasteiger partial charge in [-0.25, -0.2) is 12.8 Å². The number of nitrogens with two attached hydrogens (primary N) is 1. The second kappa shape index (κ2) is 5.56. The fourth-order valence-corrected chi connectivity index (χ4v) is 4.01. The van der Waals surface area contributed by atoms with E-state index in [1.807, 2.05) is 6.92 Å². The molecule has 0 saturated carbocycles. The SMILES string of the molecule is CCC1CCN(S(=O)(=O)c2cc(CN)ccc2F)C1. The lowest BCUT2D eigenvalue weighted by Gasteiger charge is -2.17. The van der Waals surface area contributed by atoms with E-state index in [0.717, 1.165) is 12.8 Å². The first kappa shape index (κ1) is 14.4. The molecule has 1 aromatic rings. The van der Waals surface area contributed by atoms with Crippen LogP contribution in [0.3, 0.4) is 0 Å². The van der Waals surface area contributed by atoms with Gasteiger partial charge in [0.05, 0.1) is 0 Å². The van der Waals surface area contributed by atoms with Gasteiger partial charge in [-0.2, -0.15) is 4.31 Å². The van der Waals surface area contributed by atoms with E-state index in [4.69, 9.17) is 5.73 Å². The fraction of sp³-hybridized carbons (Fsp3) is 0.538. The summed E-state index contributed by atoms with van der Waals surface area (Å²) in [4.78, 5) is -0.257. The minimum Gasteiger partial charge on any atom is -0.326 e. The number of benzene rings is 1. The molecule has 1 aliphatic heterocycles. The highest BCUT2D eigenvalue weighted by Gasteiger charge is 2.33. The number of hydrogen-bond acceptors (Lipinski definition) is 3. The first-order valence-corrected chi connectivity index (χ1v) is 7.91. The molecule has 0 spiro atoms. The van der Waals surface area contributed by atoms with E-state index in [-0.39, 0.29) is 11.4 Å². The second-order valence-electron chi connectivity index (χ2n) is 4.89. The van der Waals surface area contributed by atoms with Crippen LogP contribution in [0.15, 0.2) is 23.1 Å². The van der Waals surface area contributed by atoms with Crippen LogP contribution in [0.5, 0.6) is 0 Å². The molecule has 1 saturated heterocycles. The quantitative estimate of drug-likeness (QED) is 0.916. The van der Waals surface area contributed by atoms with Gasteiger partial charge in [-0.15, -0.1) is 0 Å². The average molecular weight is 286 g/mol. The largest absolute Gasteiger partial charge is 0.326 e. The zero-order chi connectivity index (χ0) is 14.0. The summed E-state index contributed by atoms with van der Waals surface area (Å²) >= 11 is 0. The van der Waals surface area contributed by atoms with Crippen molar-refractivity contribution in [3.05, 3.63) is 29.6 Å². The predicted octanol–water partition coefficient (Wildman–Crippen LogP) is 1.71. The molecular formula is C13H19FN2O2S. The number of nitrogens with zero attached hydrogens (tertiary/aromatic N) is 1. The van der Waals surface area contributed by atoms with E-state index in [9.17, 15) is 12.8 Å². The van der Waals surface area contributed by atoms with Crippen molar-refractivity contribution in [1.82, 2.24) is 4.31 Å². The van der Waals surface area contributed by atoms with Crippen molar-refractivity contribution in [3.63, 3.8) is 0 Å². The maximum absolute atomic E-state index is 13.8. The Labute approximate surface area is 113 Å². The van der Waals surface area contributed by atoms with Gasteiger partial charge in [0.15, 0.2) is 0 Å². The third-order valence-corrected chi connectivity index (χ3v) is 5.56. The summed E-state index contributed by atoms with van der Waals surface area (Å²) in [6.07, 6.45) is 1.78. The van der Waals surface area contributed by atoms with Gasteiger partial charge in [-0.05, 0) is 30.0 Å². The van der Waals surface area contributed by atoms with Gasteiger partial charge < -0.3 is 5.73 Å². The van der Waals surface area contributed by atoms with Crippen LogP contribution in [0.2, 0.25) is 0 Å². The van der Waals surface area contributed by atoms with Crippen molar-refractivity contribution < 1.29 is 12.8 Å². The normalized spacial score (nSPS) is 20.9. The molecule has 1 unspecified atom stereocenters. The molecule has 0 aromatic heterocycles. The summed E-state index contributed by atoms with van der Waals surface area (Å²) in [6.45, 7) is 3.18. The van der Waals surface area contributed by atoms with Crippen LogP contribution in [0.25, 0.3) is 0 Å². The molecule has 4 nitrogen and oxygen atoms in total. The smallest absolute Gasteiger partial charge is 0.246 e. The Kier molecular flexibility index (Phi) is 4.23. The summed E-state index contributed by atoms with van der Waals surface area (Å²) in [7, 11) is -3.74. The Bertz CT molecular complexity index is 560. The van der Waals surface area contributed by atoms with Crippen molar-refractivity contribution in [1.29, 1.82) is 0 Å². The monoisotopic (exact) mass is 286 g/mol. The molecule has 19 heavy (non-hydrogen) atoms. The molecule has 1 aromatic carbocycles. The zero-order valence-corrected chi connectivity index (χ0v) is 11.8. The standard InChI is InChI=1S/C13H19FN2O2S/c1-2-10-5-6-16(9-10)19(17,18)13-7-11(8-15)3-4-12(13)14/h3-4,7,10H,2,5-6,8-9,15H2,1H3. The molecule has 2 N–H and O–H groups in total. The van der Waals surface area contributed by atoms with Gasteiger partial charge in [0.1, 0.15) is 10.7 Å². The molecule has 6 heteroatoms. The van der Waals surface area contributed by atoms with Gasteiger partial charge in [-0.3, -0.25) is 0 Å². The van der Waals surface area contributed by atoms with E-state index in [0.29, 0.717) is 24.6 Å². The molecule has 1 aliphatic rings. The lowest BCUT2D eigenvalue weighted by Crippen LogP contribution is -2.29. The van der Waals surface area contributed by atoms with Gasteiger partial charge >= 0.3 is 0 Å². The first-order valence-electron chi connectivity index (χ1n) is 6.47. The van der Waals surface area contributed by atoms with Crippen molar-refractivity contribution >= 4 is 10.0 Å². The van der Waals surface area contributed by atoms with Crippen LogP contribution >= 0.6 is 0 Å². The summed E-state index contributed by atoms with van der Waals surface area (Å²) in [6, 6.07) is 4.01. The Balaban J connectivity index is 2.34. The van der Waals surface area contributed by atoms with Gasteiger partial charge in [0, 0.05) is 19.6 Å². The molecule has 106 valence electrons. The summed E-state index contributed by atoms with van der Waals surface area (Å²) < 4.78 is 40.0. The predicted molar refractivity (Wildman–Crippen MR) is 71.4 cm³/mol. The minimum absolute atomic E-state index is 0.195. The van der Waals surface area contributed by atoms with Crippen LogP contribution in [-0.4, -0.2) is 25.8 Å². The maximum Gasteiger partial charge on any atom is 0.246 e. The molecule has 1 fully saturated rings. The van der Waals surface area contributed by atoms with Gasteiger partial charge in [0.2, 0.25) is 10.0 Å². The lowest BCUT2D eigenvalue weighted by atomic mass is 10.1. The Morgan fingerprint density at radius 3 is 2.79 bits per heavy atom. The molecule has 0 aliphatic carbocycles. The first-order chi connectivity index (χ1) is 8.98. The molecule has 0 radical (unpaired) electrons. The topological polar surface area (TPSA) is 63.4 Å². The van der Waals surface area contributed by atoms with E-state index in [1.54, 1.807) is 0 Å². The zero-order valence-electron chi connectivity index (χ0n) is 11.0. The number of hydrogen-bond donors (Lipinski definition) is 1. The van der Waals surface area contributed by atoms with Crippen LogP contribution < -0.4 is 5.73 Å². The van der Waals surface area contributed by atoms with Crippen LogP contribution in [0.1, 0.15) is 25.3 Å². The van der Waals surface area contributed by atoms with E-state index in [2.05, 4.69) is 0 Å². The van der Waals surface area contributed by atoms with Crippen LogP contribution in [-0.2, 0) is 16.6 Å². The molecule has 0 bridgehead atoms. The molecule has 1 heterocycles. The third-order valence-electron chi connectivity index (χ3n) is 3.68. The van der Waals surface area contributed by atoms with Crippen molar-refractivity contribution in [2.45, 2.75) is 31.2 Å². The third kappa shape index (κ3) is 2.80. The number of sulfonamides is 1. The van der Waals surface area contributed by atoms with E-state index in [1.165, 1.54) is 22.5 Å². The number of halogens is 1. The highest BCUT2D eigenvalue weighted by Crippen LogP contribution is 2.27. The van der Waals surface area contributed by atoms with E-state index < -0.39 is 15.8 Å². The number of rotatable bonds is 4. The summed E-state index contributed by atoms with van der Waals surface area (Å²) in [5.41, 5.74) is 6.10. The summed E-state index contributed by atoms with van der Waals surface area (Å²) in [5, 5.41) is 0. The van der Waals surface area contributed by atoms with Crippen molar-refractivity contribution in [2.24, 2.45) is 11.7 Å². The Morgan fingerprint density at radius 1 is 1.47 bits per heavy atom. The van der Waals surface area contributed by atoms with Gasteiger partial charge in [0.25, 0.3) is 0 Å². The molecule has 2 rings (SSSR count). The minimum atomic E-state index is -3.74. The Hall–Kier alpha value is -0.980. The average Bonchev–Trinajstić information content (AvgIpc) is 2.88. The second-order valence-corrected chi connectivity index (χ2v) is 6.80. The van der Waals surface area contributed by atoms with Crippen LogP contribution in [0.4, 0.5) is 4.39 Å². The van der Waals surface area contributed by atoms with Crippen molar-refractivity contribution in [2.75, 3.05) is 13.1 Å². The summed E-state index contributed by atoms with van der Waals surface area (Å²) in [5.74, 6) is -0.340. The highest BCUT2D eigenvalue weighted by atomic mass is 32.2. The van der Waals surface area contributed by atoms with Crippen LogP contribution in [0, 0.1) is 11.7 Å². The molecule has 1 atom stereocenters. The highest BCUT2D eigenvalue weighted by molar-refractivity contribution is 7.89. The fourth-order valence-electron chi connectivity index (χ4n) is 2.36. The van der Waals surface area contributed by atoms with Gasteiger partial charge in [-0.1, -0.05) is 19.4 Å². The maximum atomic E-state index is 13.8. The Morgan fingerprint density at radius 2 is 2.21 bits per heavy atom. The van der Waals surface area contributed by atoms with E-state index >= 15 is 0 Å². The molecule has 0 amide bonds. The van der Waals surface area contributed by atoms with Crippen molar-refractivity contribution in [3.8, 4) is 0 Å².